The molecule has 0 atom stereocenters. The molecule has 0 saturated heterocycles. The van der Waals surface area contributed by atoms with Gasteiger partial charge >= 0.3 is 0 Å². The molecule has 5 heteroatoms. The zero-order chi connectivity index (χ0) is 13.8. The van der Waals surface area contributed by atoms with Crippen molar-refractivity contribution in [2.45, 2.75) is 20.4 Å². The third-order valence-electron chi connectivity index (χ3n) is 2.72. The normalized spacial score (nSPS) is 10.3. The molecule has 2 rings (SSSR count). The van der Waals surface area contributed by atoms with E-state index >= 15 is 0 Å². The fourth-order valence-corrected chi connectivity index (χ4v) is 1.81. The Kier molecular flexibility index (Phi) is 3.85. The number of aromatic nitrogens is 2. The number of nitrogens with zero attached hydrogens (tertiary/aromatic N) is 2. The molecule has 0 aliphatic carbocycles. The number of hydrogen-bond donors (Lipinski definition) is 0. The molecule has 100 valence electrons. The first-order valence-electron chi connectivity index (χ1n) is 6.04. The molecule has 0 N–H and O–H groups in total. The Balaban J connectivity index is 2.36. The summed E-state index contributed by atoms with van der Waals surface area (Å²) in [6, 6.07) is 5.26. The fourth-order valence-electron chi connectivity index (χ4n) is 1.81. The average Bonchev–Trinajstić information content (AvgIpc) is 2.85. The van der Waals surface area contributed by atoms with Crippen LogP contribution in [0.5, 0.6) is 17.2 Å². The smallest absolute Gasteiger partial charge is 0.167 e. The van der Waals surface area contributed by atoms with E-state index in [1.165, 1.54) is 14.0 Å². The van der Waals surface area contributed by atoms with Crippen LogP contribution in [0.2, 0.25) is 0 Å². The quantitative estimate of drug-likeness (QED) is 0.776. The second-order valence-electron chi connectivity index (χ2n) is 4.02. The van der Waals surface area contributed by atoms with Gasteiger partial charge in [-0.05, 0) is 26.0 Å². The van der Waals surface area contributed by atoms with Gasteiger partial charge in [0.1, 0.15) is 17.1 Å². The summed E-state index contributed by atoms with van der Waals surface area (Å²) in [5.74, 6) is 1.48. The van der Waals surface area contributed by atoms with Gasteiger partial charge in [-0.15, -0.1) is 0 Å². The van der Waals surface area contributed by atoms with E-state index in [9.17, 15) is 4.79 Å². The SMILES string of the molecule is CCn1cc(Oc2cccc(OC)c2C(C)=O)cn1. The molecule has 0 fully saturated rings. The van der Waals surface area contributed by atoms with Crippen molar-refractivity contribution in [1.82, 2.24) is 9.78 Å². The van der Waals surface area contributed by atoms with Gasteiger partial charge in [0.25, 0.3) is 0 Å². The Labute approximate surface area is 111 Å². The standard InChI is InChI=1S/C14H16N2O3/c1-4-16-9-11(8-15-16)19-13-7-5-6-12(18-3)14(13)10(2)17/h5-9H,4H2,1-3H3. The highest BCUT2D eigenvalue weighted by atomic mass is 16.5. The van der Waals surface area contributed by atoms with Crippen molar-refractivity contribution in [3.05, 3.63) is 36.2 Å². The topological polar surface area (TPSA) is 53.4 Å². The molecule has 2 aromatic rings. The van der Waals surface area contributed by atoms with E-state index in [4.69, 9.17) is 9.47 Å². The van der Waals surface area contributed by atoms with Crippen molar-refractivity contribution in [3.8, 4) is 17.2 Å². The van der Waals surface area contributed by atoms with Crippen molar-refractivity contribution in [2.75, 3.05) is 7.11 Å². The Morgan fingerprint density at radius 3 is 2.68 bits per heavy atom. The number of carbonyl (C=O) groups excluding carboxylic acids is 1. The van der Waals surface area contributed by atoms with Crippen molar-refractivity contribution in [1.29, 1.82) is 0 Å². The molecule has 19 heavy (non-hydrogen) atoms. The molecule has 0 aliphatic rings. The molecule has 0 aliphatic heterocycles. The van der Waals surface area contributed by atoms with E-state index in [1.807, 2.05) is 6.92 Å². The Morgan fingerprint density at radius 2 is 2.11 bits per heavy atom. The zero-order valence-corrected chi connectivity index (χ0v) is 11.2. The summed E-state index contributed by atoms with van der Waals surface area (Å²) in [6.45, 7) is 4.24. The van der Waals surface area contributed by atoms with Crippen LogP contribution in [0.3, 0.4) is 0 Å². The molecule has 0 amide bonds. The molecule has 1 aromatic heterocycles. The lowest BCUT2D eigenvalue weighted by atomic mass is 10.1. The van der Waals surface area contributed by atoms with E-state index in [-0.39, 0.29) is 5.78 Å². The first-order valence-corrected chi connectivity index (χ1v) is 6.04. The van der Waals surface area contributed by atoms with Crippen LogP contribution in [0.4, 0.5) is 0 Å². The lowest BCUT2D eigenvalue weighted by Gasteiger charge is -2.11. The van der Waals surface area contributed by atoms with Crippen molar-refractivity contribution in [3.63, 3.8) is 0 Å². The molecular formula is C14H16N2O3. The van der Waals surface area contributed by atoms with Gasteiger partial charge in [0.2, 0.25) is 0 Å². The monoisotopic (exact) mass is 260 g/mol. The van der Waals surface area contributed by atoms with Gasteiger partial charge in [0, 0.05) is 6.54 Å². The lowest BCUT2D eigenvalue weighted by molar-refractivity contribution is 0.101. The number of rotatable bonds is 5. The number of carbonyl (C=O) groups is 1. The van der Waals surface area contributed by atoms with E-state index < -0.39 is 0 Å². The second kappa shape index (κ2) is 5.56. The molecule has 0 saturated carbocycles. The number of hydrogen-bond acceptors (Lipinski definition) is 4. The van der Waals surface area contributed by atoms with Crippen LogP contribution < -0.4 is 9.47 Å². The molecule has 0 bridgehead atoms. The lowest BCUT2D eigenvalue weighted by Crippen LogP contribution is -2.00. The second-order valence-corrected chi connectivity index (χ2v) is 4.02. The van der Waals surface area contributed by atoms with Gasteiger partial charge in [-0.2, -0.15) is 5.10 Å². The molecular weight excluding hydrogens is 244 g/mol. The van der Waals surface area contributed by atoms with Crippen molar-refractivity contribution in [2.24, 2.45) is 0 Å². The molecule has 1 aromatic carbocycles. The summed E-state index contributed by atoms with van der Waals surface area (Å²) < 4.78 is 12.7. The molecule has 0 spiro atoms. The molecule has 5 nitrogen and oxygen atoms in total. The highest BCUT2D eigenvalue weighted by Crippen LogP contribution is 2.32. The summed E-state index contributed by atoms with van der Waals surface area (Å²) in [5.41, 5.74) is 0.439. The van der Waals surface area contributed by atoms with Gasteiger partial charge in [-0.1, -0.05) is 6.07 Å². The number of aryl methyl sites for hydroxylation is 1. The first-order chi connectivity index (χ1) is 9.15. The Bertz CT molecular complexity index is 590. The Morgan fingerprint density at radius 1 is 1.37 bits per heavy atom. The minimum atomic E-state index is -0.102. The van der Waals surface area contributed by atoms with Gasteiger partial charge < -0.3 is 9.47 Å². The molecule has 0 unspecified atom stereocenters. The first kappa shape index (κ1) is 13.1. The third kappa shape index (κ3) is 2.76. The minimum Gasteiger partial charge on any atom is -0.496 e. The number of Topliss-reactive ketones (excluding diaryl/α,β-unsaturated/α-hetero) is 1. The zero-order valence-electron chi connectivity index (χ0n) is 11.2. The molecule has 0 radical (unpaired) electrons. The fraction of sp³-hybridized carbons (Fsp3) is 0.286. The predicted octanol–water partition coefficient (Wildman–Crippen LogP) is 2.91. The maximum absolute atomic E-state index is 11.7. The van der Waals surface area contributed by atoms with Gasteiger partial charge in [0.05, 0.1) is 19.5 Å². The number of benzene rings is 1. The van der Waals surface area contributed by atoms with Crippen LogP contribution in [0.25, 0.3) is 0 Å². The van der Waals surface area contributed by atoms with E-state index in [0.717, 1.165) is 6.54 Å². The van der Waals surface area contributed by atoms with Crippen LogP contribution in [-0.4, -0.2) is 22.7 Å². The summed E-state index contributed by atoms with van der Waals surface area (Å²) in [7, 11) is 1.53. The van der Waals surface area contributed by atoms with Crippen LogP contribution in [0.1, 0.15) is 24.2 Å². The summed E-state index contributed by atoms with van der Waals surface area (Å²) in [5, 5.41) is 4.12. The summed E-state index contributed by atoms with van der Waals surface area (Å²) >= 11 is 0. The van der Waals surface area contributed by atoms with Crippen molar-refractivity contribution < 1.29 is 14.3 Å². The average molecular weight is 260 g/mol. The number of ether oxygens (including phenoxy) is 2. The van der Waals surface area contributed by atoms with Crippen LogP contribution in [0.15, 0.2) is 30.6 Å². The van der Waals surface area contributed by atoms with Crippen LogP contribution in [-0.2, 0) is 6.54 Å². The molecule has 1 heterocycles. The maximum atomic E-state index is 11.7. The number of ketones is 1. The van der Waals surface area contributed by atoms with E-state index in [2.05, 4.69) is 5.10 Å². The van der Waals surface area contributed by atoms with Crippen LogP contribution in [0, 0.1) is 0 Å². The predicted molar refractivity (Wildman–Crippen MR) is 71.0 cm³/mol. The minimum absolute atomic E-state index is 0.102. The number of methoxy groups -OCH3 is 1. The van der Waals surface area contributed by atoms with E-state index in [1.54, 1.807) is 35.3 Å². The highest BCUT2D eigenvalue weighted by Gasteiger charge is 2.15. The third-order valence-corrected chi connectivity index (χ3v) is 2.72. The summed E-state index contributed by atoms with van der Waals surface area (Å²) in [4.78, 5) is 11.7. The van der Waals surface area contributed by atoms with E-state index in [0.29, 0.717) is 22.8 Å². The van der Waals surface area contributed by atoms with Crippen molar-refractivity contribution >= 4 is 5.78 Å². The van der Waals surface area contributed by atoms with Gasteiger partial charge in [-0.25, -0.2) is 0 Å². The Hall–Kier alpha value is -2.30. The van der Waals surface area contributed by atoms with Crippen LogP contribution >= 0.6 is 0 Å². The maximum Gasteiger partial charge on any atom is 0.167 e. The largest absolute Gasteiger partial charge is 0.496 e. The highest BCUT2D eigenvalue weighted by molar-refractivity contribution is 5.99. The van der Waals surface area contributed by atoms with Gasteiger partial charge in [-0.3, -0.25) is 9.48 Å². The van der Waals surface area contributed by atoms with Gasteiger partial charge in [0.15, 0.2) is 11.5 Å². The summed E-state index contributed by atoms with van der Waals surface area (Å²) in [6.07, 6.45) is 3.40.